The quantitative estimate of drug-likeness (QED) is 0.571. The second kappa shape index (κ2) is 7.59. The Balaban J connectivity index is 1.54. The van der Waals surface area contributed by atoms with Gasteiger partial charge in [0.05, 0.1) is 5.54 Å². The lowest BCUT2D eigenvalue weighted by Crippen LogP contribution is -2.40. The lowest BCUT2D eigenvalue weighted by Gasteiger charge is -2.35. The number of aromatic nitrogens is 2. The molecule has 0 aliphatic carbocycles. The lowest BCUT2D eigenvalue weighted by atomic mass is 9.79. The molecule has 1 aromatic heterocycles. The van der Waals surface area contributed by atoms with Crippen LogP contribution < -0.4 is 0 Å². The number of halogens is 1. The van der Waals surface area contributed by atoms with Crippen LogP contribution >= 0.6 is 11.6 Å². The summed E-state index contributed by atoms with van der Waals surface area (Å²) in [6.45, 7) is 4.02. The van der Waals surface area contributed by atoms with Crippen molar-refractivity contribution in [2.24, 2.45) is 5.92 Å². The summed E-state index contributed by atoms with van der Waals surface area (Å²) in [7, 11) is 0. The van der Waals surface area contributed by atoms with Crippen LogP contribution in [0.3, 0.4) is 0 Å². The third-order valence-electron chi connectivity index (χ3n) is 6.82. The minimum absolute atomic E-state index is 0.251. The molecule has 0 saturated carbocycles. The van der Waals surface area contributed by atoms with Crippen molar-refractivity contribution >= 4 is 17.5 Å². The maximum Gasteiger partial charge on any atom is 0.222 e. The summed E-state index contributed by atoms with van der Waals surface area (Å²) >= 11 is 6.20. The minimum atomic E-state index is -0.453. The molecule has 3 heterocycles. The van der Waals surface area contributed by atoms with Gasteiger partial charge in [0.25, 0.3) is 0 Å². The van der Waals surface area contributed by atoms with E-state index < -0.39 is 5.54 Å². The van der Waals surface area contributed by atoms with Crippen LogP contribution in [0.1, 0.15) is 43.7 Å². The van der Waals surface area contributed by atoms with Crippen molar-refractivity contribution in [1.82, 2.24) is 14.5 Å². The number of nitrogens with zero attached hydrogens (tertiary/aromatic N) is 3. The van der Waals surface area contributed by atoms with Gasteiger partial charge in [-0.05, 0) is 48.4 Å². The molecule has 1 amide bonds. The number of amides is 1. The molecule has 2 aliphatic heterocycles. The number of hydrogen-bond donors (Lipinski definition) is 0. The lowest BCUT2D eigenvalue weighted by molar-refractivity contribution is -0.132. The van der Waals surface area contributed by atoms with Crippen LogP contribution in [0.5, 0.6) is 0 Å². The Bertz CT molecular complexity index is 1070. The van der Waals surface area contributed by atoms with E-state index in [1.54, 1.807) is 0 Å². The molecule has 0 radical (unpaired) electrons. The van der Waals surface area contributed by atoms with Crippen molar-refractivity contribution in [2.45, 2.75) is 38.1 Å². The highest BCUT2D eigenvalue weighted by Gasteiger charge is 2.45. The molecule has 5 rings (SSSR count). The molecule has 154 valence electrons. The Kier molecular flexibility index (Phi) is 4.90. The zero-order valence-electron chi connectivity index (χ0n) is 17.2. The van der Waals surface area contributed by atoms with Crippen molar-refractivity contribution in [3.05, 3.63) is 77.1 Å². The second-order valence-corrected chi connectivity index (χ2v) is 9.03. The maximum absolute atomic E-state index is 13.1. The van der Waals surface area contributed by atoms with Crippen LogP contribution in [-0.2, 0) is 10.3 Å². The van der Waals surface area contributed by atoms with Crippen LogP contribution in [0.4, 0.5) is 0 Å². The largest absolute Gasteiger partial charge is 0.343 e. The van der Waals surface area contributed by atoms with Crippen LogP contribution in [0, 0.1) is 5.92 Å². The maximum atomic E-state index is 13.1. The Morgan fingerprint density at radius 3 is 2.63 bits per heavy atom. The van der Waals surface area contributed by atoms with Crippen molar-refractivity contribution in [3.63, 3.8) is 0 Å². The summed E-state index contributed by atoms with van der Waals surface area (Å²) in [6, 6.07) is 16.5. The fraction of sp³-hybridized carbons (Fsp3) is 0.360. The van der Waals surface area contributed by atoms with Gasteiger partial charge in [-0.3, -0.25) is 4.79 Å². The Morgan fingerprint density at radius 2 is 1.87 bits per heavy atom. The molecule has 2 aliphatic rings. The third kappa shape index (κ3) is 3.05. The number of benzene rings is 2. The highest BCUT2D eigenvalue weighted by molar-refractivity contribution is 6.30. The summed E-state index contributed by atoms with van der Waals surface area (Å²) in [6.07, 6.45) is 7.29. The van der Waals surface area contributed by atoms with Gasteiger partial charge >= 0.3 is 0 Å². The molecule has 2 aromatic carbocycles. The third-order valence-corrected chi connectivity index (χ3v) is 7.08. The number of piperidine rings is 1. The Hall–Kier alpha value is -2.59. The molecule has 4 nitrogen and oxygen atoms in total. The van der Waals surface area contributed by atoms with Gasteiger partial charge in [-0.1, -0.05) is 54.9 Å². The average molecular weight is 420 g/mol. The highest BCUT2D eigenvalue weighted by atomic mass is 35.5. The summed E-state index contributed by atoms with van der Waals surface area (Å²) in [4.78, 5) is 19.8. The number of fused-ring (bicyclic) bond motifs is 3. The molecule has 1 atom stereocenters. The van der Waals surface area contributed by atoms with Gasteiger partial charge in [-0.25, -0.2) is 4.98 Å². The Morgan fingerprint density at radius 1 is 1.13 bits per heavy atom. The zero-order chi connectivity index (χ0) is 20.7. The van der Waals surface area contributed by atoms with Crippen LogP contribution in [0.25, 0.3) is 11.4 Å². The van der Waals surface area contributed by atoms with E-state index in [4.69, 9.17) is 11.6 Å². The first-order valence-corrected chi connectivity index (χ1v) is 11.1. The number of carbonyl (C=O) groups excluding carboxylic acids is 1. The molecule has 3 aromatic rings. The fourth-order valence-electron chi connectivity index (χ4n) is 5.10. The molecule has 1 unspecified atom stereocenters. The minimum Gasteiger partial charge on any atom is -0.343 e. The van der Waals surface area contributed by atoms with E-state index in [-0.39, 0.29) is 5.91 Å². The number of carbonyl (C=O) groups is 1. The number of imidazole rings is 1. The molecule has 1 saturated heterocycles. The van der Waals surface area contributed by atoms with E-state index in [1.807, 2.05) is 29.4 Å². The van der Waals surface area contributed by atoms with Crippen LogP contribution in [0.2, 0.25) is 5.02 Å². The van der Waals surface area contributed by atoms with Crippen molar-refractivity contribution in [1.29, 1.82) is 0 Å². The average Bonchev–Trinajstić information content (AvgIpc) is 3.35. The van der Waals surface area contributed by atoms with E-state index >= 15 is 0 Å². The molecule has 0 N–H and O–H groups in total. The number of likely N-dealkylation sites (tertiary alicyclic amines) is 1. The summed E-state index contributed by atoms with van der Waals surface area (Å²) < 4.78 is 2.24. The van der Waals surface area contributed by atoms with Gasteiger partial charge in [0.1, 0.15) is 5.82 Å². The first kappa shape index (κ1) is 19.4. The first-order valence-electron chi connectivity index (χ1n) is 10.8. The normalized spacial score (nSPS) is 20.8. The molecule has 0 bridgehead atoms. The predicted octanol–water partition coefficient (Wildman–Crippen LogP) is 5.35. The van der Waals surface area contributed by atoms with Crippen molar-refractivity contribution in [3.8, 4) is 11.4 Å². The monoisotopic (exact) mass is 419 g/mol. The SMILES string of the molecule is CC1CCN(C(=O)CCC2(c3ccc(Cl)cc3)c3ccccc3-c3nccn32)CC1. The summed E-state index contributed by atoms with van der Waals surface area (Å²) in [5.41, 5.74) is 3.02. The van der Waals surface area contributed by atoms with Crippen LogP contribution in [0.15, 0.2) is 60.9 Å². The second-order valence-electron chi connectivity index (χ2n) is 8.60. The van der Waals surface area contributed by atoms with E-state index in [9.17, 15) is 4.79 Å². The van der Waals surface area contributed by atoms with Gasteiger partial charge in [0.15, 0.2) is 0 Å². The molecular formula is C25H26ClN3O. The van der Waals surface area contributed by atoms with Crippen LogP contribution in [-0.4, -0.2) is 33.4 Å². The summed E-state index contributed by atoms with van der Waals surface area (Å²) in [5.74, 6) is 1.92. The highest BCUT2D eigenvalue weighted by Crippen LogP contribution is 2.49. The predicted molar refractivity (Wildman–Crippen MR) is 120 cm³/mol. The van der Waals surface area contributed by atoms with Crippen molar-refractivity contribution in [2.75, 3.05) is 13.1 Å². The molecule has 30 heavy (non-hydrogen) atoms. The van der Waals surface area contributed by atoms with E-state index in [1.165, 1.54) is 5.56 Å². The van der Waals surface area contributed by atoms with E-state index in [0.29, 0.717) is 23.8 Å². The molecule has 5 heteroatoms. The van der Waals surface area contributed by atoms with Gasteiger partial charge in [-0.2, -0.15) is 0 Å². The molecule has 0 spiro atoms. The fourth-order valence-corrected chi connectivity index (χ4v) is 5.23. The molecule has 1 fully saturated rings. The van der Waals surface area contributed by atoms with Gasteiger partial charge < -0.3 is 9.47 Å². The first-order chi connectivity index (χ1) is 14.6. The topological polar surface area (TPSA) is 38.1 Å². The zero-order valence-corrected chi connectivity index (χ0v) is 18.0. The summed E-state index contributed by atoms with van der Waals surface area (Å²) in [5, 5.41) is 0.713. The van der Waals surface area contributed by atoms with E-state index in [0.717, 1.165) is 42.9 Å². The van der Waals surface area contributed by atoms with Gasteiger partial charge in [0, 0.05) is 42.5 Å². The standard InChI is InChI=1S/C25H26ClN3O/c1-18-11-15-28(16-12-18)23(30)10-13-25(19-6-8-20(26)9-7-19)22-5-3-2-4-21(22)24-27-14-17-29(24)25/h2-9,14,17-18H,10-13,15-16H2,1H3. The Labute approximate surface area is 182 Å². The van der Waals surface area contributed by atoms with E-state index in [2.05, 4.69) is 52.9 Å². The smallest absolute Gasteiger partial charge is 0.222 e. The van der Waals surface area contributed by atoms with Gasteiger partial charge in [0.2, 0.25) is 5.91 Å². The molecular weight excluding hydrogens is 394 g/mol. The van der Waals surface area contributed by atoms with Crippen molar-refractivity contribution < 1.29 is 4.79 Å². The van der Waals surface area contributed by atoms with Gasteiger partial charge in [-0.15, -0.1) is 0 Å². The number of hydrogen-bond acceptors (Lipinski definition) is 2. The number of rotatable bonds is 4.